The Bertz CT molecular complexity index is 501. The van der Waals surface area contributed by atoms with Crippen LogP contribution in [0.5, 0.6) is 0 Å². The topological polar surface area (TPSA) is 41.6 Å². The van der Waals surface area contributed by atoms with E-state index in [1.807, 2.05) is 12.1 Å². The van der Waals surface area contributed by atoms with Crippen LogP contribution in [0.4, 0.5) is 5.69 Å². The summed E-state index contributed by atoms with van der Waals surface area (Å²) in [7, 11) is 1.43. The number of nitrogens with zero attached hydrogens (tertiary/aromatic N) is 1. The number of nitrogens with one attached hydrogen (secondary N) is 1. The smallest absolute Gasteiger partial charge is 0.337 e. The molecule has 2 heterocycles. The zero-order valence-corrected chi connectivity index (χ0v) is 13.2. The van der Waals surface area contributed by atoms with Gasteiger partial charge in [-0.15, -0.1) is 12.4 Å². The molecule has 0 unspecified atom stereocenters. The van der Waals surface area contributed by atoms with E-state index in [0.717, 1.165) is 38.5 Å². The van der Waals surface area contributed by atoms with Gasteiger partial charge in [0.2, 0.25) is 0 Å². The van der Waals surface area contributed by atoms with Gasteiger partial charge >= 0.3 is 5.97 Å². The average Bonchev–Trinajstić information content (AvgIpc) is 2.90. The lowest BCUT2D eigenvalue weighted by Crippen LogP contribution is -2.35. The molecular weight excluding hydrogens is 288 g/mol. The normalized spacial score (nSPS) is 18.0. The number of ether oxygens (including phenoxy) is 1. The summed E-state index contributed by atoms with van der Waals surface area (Å²) in [5.74, 6) is 0.548. The van der Waals surface area contributed by atoms with Crippen LogP contribution in [0.25, 0.3) is 0 Å². The van der Waals surface area contributed by atoms with Crippen molar-refractivity contribution >= 4 is 24.1 Å². The lowest BCUT2D eigenvalue weighted by Gasteiger charge is -2.29. The average molecular weight is 311 g/mol. The van der Waals surface area contributed by atoms with E-state index in [-0.39, 0.29) is 18.4 Å². The zero-order valence-electron chi connectivity index (χ0n) is 12.4. The summed E-state index contributed by atoms with van der Waals surface area (Å²) in [4.78, 5) is 14.0. The van der Waals surface area contributed by atoms with Gasteiger partial charge in [-0.25, -0.2) is 4.79 Å². The largest absolute Gasteiger partial charge is 0.465 e. The summed E-state index contributed by atoms with van der Waals surface area (Å²) in [5.41, 5.74) is 3.24. The van der Waals surface area contributed by atoms with Gasteiger partial charge in [0.15, 0.2) is 0 Å². The van der Waals surface area contributed by atoms with Crippen LogP contribution in [0.15, 0.2) is 18.2 Å². The Hall–Kier alpha value is -1.26. The molecule has 3 rings (SSSR count). The number of halogens is 1. The first-order valence-electron chi connectivity index (χ1n) is 7.45. The summed E-state index contributed by atoms with van der Waals surface area (Å²) in [6, 6.07) is 5.95. The van der Waals surface area contributed by atoms with E-state index in [2.05, 4.69) is 16.3 Å². The molecule has 2 aliphatic rings. The maximum Gasteiger partial charge on any atom is 0.337 e. The van der Waals surface area contributed by atoms with Crippen LogP contribution in [0.2, 0.25) is 0 Å². The number of fused-ring (bicyclic) bond motifs is 1. The number of rotatable bonds is 3. The molecule has 2 aliphatic heterocycles. The molecule has 116 valence electrons. The van der Waals surface area contributed by atoms with Crippen molar-refractivity contribution in [2.45, 2.75) is 19.3 Å². The molecule has 0 atom stereocenters. The minimum Gasteiger partial charge on any atom is -0.465 e. The van der Waals surface area contributed by atoms with Crippen molar-refractivity contribution in [1.29, 1.82) is 0 Å². The van der Waals surface area contributed by atoms with E-state index < -0.39 is 0 Å². The molecule has 1 aromatic carbocycles. The third kappa shape index (κ3) is 3.50. The Morgan fingerprint density at radius 3 is 2.86 bits per heavy atom. The monoisotopic (exact) mass is 310 g/mol. The molecule has 1 N–H and O–H groups in total. The molecule has 21 heavy (non-hydrogen) atoms. The fourth-order valence-electron chi connectivity index (χ4n) is 3.28. The van der Waals surface area contributed by atoms with Gasteiger partial charge in [0.05, 0.1) is 12.7 Å². The van der Waals surface area contributed by atoms with Gasteiger partial charge in [0.1, 0.15) is 0 Å². The van der Waals surface area contributed by atoms with Gasteiger partial charge in [-0.3, -0.25) is 0 Å². The molecule has 0 bridgehead atoms. The van der Waals surface area contributed by atoms with E-state index >= 15 is 0 Å². The van der Waals surface area contributed by atoms with Crippen molar-refractivity contribution in [2.24, 2.45) is 5.92 Å². The number of benzene rings is 1. The van der Waals surface area contributed by atoms with Crippen LogP contribution >= 0.6 is 12.4 Å². The summed E-state index contributed by atoms with van der Waals surface area (Å²) in [6.45, 7) is 4.51. The number of carbonyl (C=O) groups is 1. The highest BCUT2D eigenvalue weighted by molar-refractivity contribution is 5.90. The van der Waals surface area contributed by atoms with Gasteiger partial charge in [0, 0.05) is 18.8 Å². The highest BCUT2D eigenvalue weighted by Crippen LogP contribution is 2.30. The molecule has 1 saturated heterocycles. The Balaban J connectivity index is 0.00000161. The first-order valence-corrected chi connectivity index (χ1v) is 7.45. The van der Waals surface area contributed by atoms with Gasteiger partial charge in [0.25, 0.3) is 0 Å². The van der Waals surface area contributed by atoms with Crippen LogP contribution in [-0.4, -0.2) is 39.3 Å². The summed E-state index contributed by atoms with van der Waals surface area (Å²) >= 11 is 0. The van der Waals surface area contributed by atoms with Crippen LogP contribution < -0.4 is 10.2 Å². The molecule has 0 radical (unpaired) electrons. The number of hydrogen-bond donors (Lipinski definition) is 1. The van der Waals surface area contributed by atoms with Crippen LogP contribution in [0.3, 0.4) is 0 Å². The number of methoxy groups -OCH3 is 1. The number of esters is 1. The molecule has 5 heteroatoms. The minimum atomic E-state index is -0.246. The number of anilines is 1. The third-order valence-corrected chi connectivity index (χ3v) is 4.43. The van der Waals surface area contributed by atoms with Crippen LogP contribution in [-0.2, 0) is 11.2 Å². The van der Waals surface area contributed by atoms with E-state index in [9.17, 15) is 4.79 Å². The van der Waals surface area contributed by atoms with E-state index in [1.54, 1.807) is 0 Å². The van der Waals surface area contributed by atoms with Crippen molar-refractivity contribution in [3.05, 3.63) is 29.3 Å². The van der Waals surface area contributed by atoms with Crippen LogP contribution in [0.1, 0.15) is 28.8 Å². The molecule has 0 aromatic heterocycles. The molecule has 0 amide bonds. The molecule has 0 spiro atoms. The Morgan fingerprint density at radius 1 is 1.38 bits per heavy atom. The maximum absolute atomic E-state index is 11.6. The van der Waals surface area contributed by atoms with Crippen LogP contribution in [0, 0.1) is 5.92 Å². The van der Waals surface area contributed by atoms with Crippen molar-refractivity contribution < 1.29 is 9.53 Å². The second kappa shape index (κ2) is 7.14. The standard InChI is InChI=1S/C16H22N2O2.ClH/c1-20-16(19)14-2-3-15-13(10-14)6-9-18(15)11-12-4-7-17-8-5-12;/h2-3,10,12,17H,4-9,11H2,1H3;1H. The predicted octanol–water partition coefficient (Wildman–Crippen LogP) is 2.26. The highest BCUT2D eigenvalue weighted by Gasteiger charge is 2.24. The Kier molecular flexibility index (Phi) is 5.48. The second-order valence-corrected chi connectivity index (χ2v) is 5.72. The molecular formula is C16H23ClN2O2. The zero-order chi connectivity index (χ0) is 13.9. The summed E-state index contributed by atoms with van der Waals surface area (Å²) in [6.07, 6.45) is 3.57. The van der Waals surface area contributed by atoms with E-state index in [1.165, 1.54) is 31.2 Å². The van der Waals surface area contributed by atoms with Gasteiger partial charge in [-0.2, -0.15) is 0 Å². The quantitative estimate of drug-likeness (QED) is 0.870. The van der Waals surface area contributed by atoms with Gasteiger partial charge < -0.3 is 15.0 Å². The lowest BCUT2D eigenvalue weighted by atomic mass is 9.97. The third-order valence-electron chi connectivity index (χ3n) is 4.43. The molecule has 4 nitrogen and oxygen atoms in total. The van der Waals surface area contributed by atoms with Crippen molar-refractivity contribution in [3.63, 3.8) is 0 Å². The second-order valence-electron chi connectivity index (χ2n) is 5.72. The molecule has 1 fully saturated rings. The molecule has 0 aliphatic carbocycles. The number of piperidine rings is 1. The first kappa shape index (κ1) is 16.1. The van der Waals surface area contributed by atoms with E-state index in [4.69, 9.17) is 4.74 Å². The number of carbonyl (C=O) groups excluding carboxylic acids is 1. The Labute approximate surface area is 132 Å². The van der Waals surface area contributed by atoms with Crippen molar-refractivity contribution in [1.82, 2.24) is 5.32 Å². The highest BCUT2D eigenvalue weighted by atomic mass is 35.5. The minimum absolute atomic E-state index is 0. The summed E-state index contributed by atoms with van der Waals surface area (Å²) in [5, 5.41) is 3.42. The van der Waals surface area contributed by atoms with Crippen molar-refractivity contribution in [2.75, 3.05) is 38.2 Å². The predicted molar refractivity (Wildman–Crippen MR) is 86.5 cm³/mol. The molecule has 1 aromatic rings. The Morgan fingerprint density at radius 2 is 2.14 bits per heavy atom. The lowest BCUT2D eigenvalue weighted by molar-refractivity contribution is 0.0600. The fourth-order valence-corrected chi connectivity index (χ4v) is 3.28. The first-order chi connectivity index (χ1) is 9.78. The maximum atomic E-state index is 11.6. The van der Waals surface area contributed by atoms with Gasteiger partial charge in [-0.1, -0.05) is 0 Å². The summed E-state index contributed by atoms with van der Waals surface area (Å²) < 4.78 is 4.78. The van der Waals surface area contributed by atoms with Gasteiger partial charge in [-0.05, 0) is 62.0 Å². The molecule has 0 saturated carbocycles. The fraction of sp³-hybridized carbons (Fsp3) is 0.562. The van der Waals surface area contributed by atoms with E-state index in [0.29, 0.717) is 5.56 Å². The SMILES string of the molecule is COC(=O)c1ccc2c(c1)CCN2CC1CCNCC1.Cl. The number of hydrogen-bond acceptors (Lipinski definition) is 4. The van der Waals surface area contributed by atoms with Crippen molar-refractivity contribution in [3.8, 4) is 0 Å².